The second-order valence-corrected chi connectivity index (χ2v) is 6.18. The van der Waals surface area contributed by atoms with E-state index in [1.807, 2.05) is 25.7 Å². The van der Waals surface area contributed by atoms with Gasteiger partial charge < -0.3 is 24.0 Å². The van der Waals surface area contributed by atoms with Crippen LogP contribution < -0.4 is 14.2 Å². The molecule has 1 aromatic carbocycles. The van der Waals surface area contributed by atoms with Crippen LogP contribution in [-0.4, -0.2) is 68.3 Å². The molecule has 0 aromatic heterocycles. The third-order valence-corrected chi connectivity index (χ3v) is 4.48. The van der Waals surface area contributed by atoms with E-state index in [4.69, 9.17) is 14.2 Å². The topological polar surface area (TPSA) is 51.2 Å². The summed E-state index contributed by atoms with van der Waals surface area (Å²) in [6, 6.07) is 3.56. The van der Waals surface area contributed by atoms with Gasteiger partial charge in [-0.25, -0.2) is 0 Å². The van der Waals surface area contributed by atoms with Crippen molar-refractivity contribution in [2.45, 2.75) is 34.1 Å². The Morgan fingerprint density at radius 3 is 2.04 bits per heavy atom. The minimum atomic E-state index is 0.0212. The average molecular weight is 364 g/mol. The van der Waals surface area contributed by atoms with Crippen molar-refractivity contribution >= 4 is 5.91 Å². The molecule has 1 heterocycles. The van der Waals surface area contributed by atoms with E-state index in [-0.39, 0.29) is 5.91 Å². The Hall–Kier alpha value is -1.95. The summed E-state index contributed by atoms with van der Waals surface area (Å²) in [6.45, 7) is 13.9. The van der Waals surface area contributed by atoms with E-state index in [0.717, 1.165) is 39.1 Å². The highest BCUT2D eigenvalue weighted by Gasteiger charge is 2.23. The molecular formula is C20H32N2O4. The van der Waals surface area contributed by atoms with Crippen molar-refractivity contribution in [3.8, 4) is 17.2 Å². The number of carbonyl (C=O) groups is 1. The van der Waals surface area contributed by atoms with Gasteiger partial charge in [-0.15, -0.1) is 0 Å². The Morgan fingerprint density at radius 2 is 1.50 bits per heavy atom. The van der Waals surface area contributed by atoms with E-state index < -0.39 is 0 Å². The first kappa shape index (κ1) is 20.4. The minimum absolute atomic E-state index is 0.0212. The summed E-state index contributed by atoms with van der Waals surface area (Å²) >= 11 is 0. The maximum atomic E-state index is 13.1. The fraction of sp³-hybridized carbons (Fsp3) is 0.650. The number of hydrogen-bond acceptors (Lipinski definition) is 5. The maximum absolute atomic E-state index is 13.1. The van der Waals surface area contributed by atoms with E-state index in [1.165, 1.54) is 0 Å². The third kappa shape index (κ3) is 5.04. The molecule has 2 rings (SSSR count). The molecule has 1 fully saturated rings. The normalized spacial score (nSPS) is 15.5. The Labute approximate surface area is 157 Å². The molecule has 1 aliphatic heterocycles. The van der Waals surface area contributed by atoms with Gasteiger partial charge in [0.2, 0.25) is 5.75 Å². The van der Waals surface area contributed by atoms with Gasteiger partial charge in [0.1, 0.15) is 0 Å². The molecule has 6 heteroatoms. The summed E-state index contributed by atoms with van der Waals surface area (Å²) in [5.74, 6) is 1.72. The first-order valence-corrected chi connectivity index (χ1v) is 9.72. The number of carbonyl (C=O) groups excluding carboxylic acids is 1. The molecule has 26 heavy (non-hydrogen) atoms. The zero-order valence-corrected chi connectivity index (χ0v) is 16.5. The van der Waals surface area contributed by atoms with Gasteiger partial charge in [0.25, 0.3) is 5.91 Å². The molecule has 1 amide bonds. The third-order valence-electron chi connectivity index (χ3n) is 4.48. The molecule has 0 atom stereocenters. The highest BCUT2D eigenvalue weighted by Crippen LogP contribution is 2.39. The first-order valence-electron chi connectivity index (χ1n) is 9.72. The van der Waals surface area contributed by atoms with Gasteiger partial charge in [-0.1, -0.05) is 6.92 Å². The molecular weight excluding hydrogens is 332 g/mol. The molecule has 0 spiro atoms. The molecule has 146 valence electrons. The predicted molar refractivity (Wildman–Crippen MR) is 103 cm³/mol. The van der Waals surface area contributed by atoms with E-state index in [2.05, 4.69) is 11.8 Å². The number of hydrogen-bond donors (Lipinski definition) is 0. The van der Waals surface area contributed by atoms with Gasteiger partial charge in [-0.2, -0.15) is 0 Å². The number of nitrogens with zero attached hydrogens (tertiary/aromatic N) is 2. The number of amides is 1. The summed E-state index contributed by atoms with van der Waals surface area (Å²) in [7, 11) is 0. The van der Waals surface area contributed by atoms with Gasteiger partial charge in [0.15, 0.2) is 11.5 Å². The largest absolute Gasteiger partial charge is 0.490 e. The quantitative estimate of drug-likeness (QED) is 0.710. The SMILES string of the molecule is CCOc1cc(C(=O)N2CCCN(CC)CC2)cc(OCC)c1OCC. The van der Waals surface area contributed by atoms with Gasteiger partial charge in [-0.05, 0) is 52.4 Å². The van der Waals surface area contributed by atoms with Crippen LogP contribution in [0.2, 0.25) is 0 Å². The van der Waals surface area contributed by atoms with Crippen LogP contribution in [0.4, 0.5) is 0 Å². The van der Waals surface area contributed by atoms with Crippen molar-refractivity contribution in [3.63, 3.8) is 0 Å². The zero-order valence-electron chi connectivity index (χ0n) is 16.5. The van der Waals surface area contributed by atoms with Crippen LogP contribution >= 0.6 is 0 Å². The predicted octanol–water partition coefficient (Wildman–Crippen LogP) is 3.05. The van der Waals surface area contributed by atoms with Gasteiger partial charge >= 0.3 is 0 Å². The molecule has 0 bridgehead atoms. The van der Waals surface area contributed by atoms with E-state index >= 15 is 0 Å². The Kier molecular flexibility index (Phi) is 8.04. The smallest absolute Gasteiger partial charge is 0.254 e. The molecule has 1 aliphatic rings. The van der Waals surface area contributed by atoms with Crippen LogP contribution in [0.15, 0.2) is 12.1 Å². The molecule has 1 aromatic rings. The second-order valence-electron chi connectivity index (χ2n) is 6.18. The number of benzene rings is 1. The summed E-state index contributed by atoms with van der Waals surface area (Å²) in [5.41, 5.74) is 0.588. The molecule has 0 saturated carbocycles. The van der Waals surface area contributed by atoms with Crippen LogP contribution in [0.3, 0.4) is 0 Å². The van der Waals surface area contributed by atoms with Crippen molar-refractivity contribution in [3.05, 3.63) is 17.7 Å². The van der Waals surface area contributed by atoms with Crippen LogP contribution in [0, 0.1) is 0 Å². The second kappa shape index (κ2) is 10.3. The molecule has 0 radical (unpaired) electrons. The zero-order chi connectivity index (χ0) is 18.9. The Balaban J connectivity index is 2.30. The van der Waals surface area contributed by atoms with E-state index in [0.29, 0.717) is 42.6 Å². The lowest BCUT2D eigenvalue weighted by Crippen LogP contribution is -2.35. The summed E-state index contributed by atoms with van der Waals surface area (Å²) in [5, 5.41) is 0. The standard InChI is InChI=1S/C20H32N2O4/c1-5-21-10-9-11-22(13-12-21)20(23)16-14-17(24-6-2)19(26-8-4)18(15-16)25-7-3/h14-15H,5-13H2,1-4H3. The van der Waals surface area contributed by atoms with Crippen LogP contribution in [0.25, 0.3) is 0 Å². The number of ether oxygens (including phenoxy) is 3. The highest BCUT2D eigenvalue weighted by molar-refractivity contribution is 5.95. The molecule has 1 saturated heterocycles. The number of likely N-dealkylation sites (N-methyl/N-ethyl adjacent to an activating group) is 1. The Bertz CT molecular complexity index is 564. The number of rotatable bonds is 8. The van der Waals surface area contributed by atoms with Crippen molar-refractivity contribution in [2.24, 2.45) is 0 Å². The average Bonchev–Trinajstić information content (AvgIpc) is 2.89. The lowest BCUT2D eigenvalue weighted by molar-refractivity contribution is 0.0760. The molecule has 6 nitrogen and oxygen atoms in total. The Morgan fingerprint density at radius 1 is 0.885 bits per heavy atom. The lowest BCUT2D eigenvalue weighted by atomic mass is 10.1. The van der Waals surface area contributed by atoms with Crippen molar-refractivity contribution in [1.29, 1.82) is 0 Å². The minimum Gasteiger partial charge on any atom is -0.490 e. The highest BCUT2D eigenvalue weighted by atomic mass is 16.5. The fourth-order valence-electron chi connectivity index (χ4n) is 3.18. The summed E-state index contributed by atoms with van der Waals surface area (Å²) in [6.07, 6.45) is 0.993. The molecule has 0 aliphatic carbocycles. The van der Waals surface area contributed by atoms with Gasteiger partial charge in [0.05, 0.1) is 19.8 Å². The fourth-order valence-corrected chi connectivity index (χ4v) is 3.18. The van der Waals surface area contributed by atoms with E-state index in [9.17, 15) is 4.79 Å². The lowest BCUT2D eigenvalue weighted by Gasteiger charge is -2.23. The first-order chi connectivity index (χ1) is 12.6. The van der Waals surface area contributed by atoms with Crippen molar-refractivity contribution < 1.29 is 19.0 Å². The van der Waals surface area contributed by atoms with Crippen LogP contribution in [0.1, 0.15) is 44.5 Å². The van der Waals surface area contributed by atoms with Gasteiger partial charge in [-0.3, -0.25) is 4.79 Å². The van der Waals surface area contributed by atoms with Crippen molar-refractivity contribution in [2.75, 3.05) is 52.5 Å². The maximum Gasteiger partial charge on any atom is 0.254 e. The van der Waals surface area contributed by atoms with Crippen LogP contribution in [0.5, 0.6) is 17.2 Å². The van der Waals surface area contributed by atoms with E-state index in [1.54, 1.807) is 12.1 Å². The molecule has 0 N–H and O–H groups in total. The van der Waals surface area contributed by atoms with Crippen molar-refractivity contribution in [1.82, 2.24) is 9.80 Å². The monoisotopic (exact) mass is 364 g/mol. The van der Waals surface area contributed by atoms with Gasteiger partial charge in [0, 0.05) is 25.2 Å². The summed E-state index contributed by atoms with van der Waals surface area (Å²) < 4.78 is 17.2. The summed E-state index contributed by atoms with van der Waals surface area (Å²) in [4.78, 5) is 17.4. The van der Waals surface area contributed by atoms with Crippen LogP contribution in [-0.2, 0) is 0 Å². The molecule has 0 unspecified atom stereocenters.